The average molecular weight is 303 g/mol. The summed E-state index contributed by atoms with van der Waals surface area (Å²) in [6, 6.07) is 0. The van der Waals surface area contributed by atoms with Crippen LogP contribution in [0.25, 0.3) is 0 Å². The first-order chi connectivity index (χ1) is 11.4. The minimum atomic E-state index is 0.641. The monoisotopic (exact) mass is 303 g/mol. The molecule has 0 aromatic carbocycles. The Hall–Kier alpha value is -1.30. The standard InChI is InChI=1S/C23H27/c1-2-7-16(6-1)19-14-22(17-8-3-4-9-17)21-13-12-18-10-5-11-20(18)23(21)15-19/h1-4,6-9,14,16,18-21,23H,5,10-13,15H2. The summed E-state index contributed by atoms with van der Waals surface area (Å²) in [4.78, 5) is 0. The van der Waals surface area contributed by atoms with E-state index in [4.69, 9.17) is 0 Å². The van der Waals surface area contributed by atoms with Crippen LogP contribution in [0.15, 0.2) is 59.8 Å². The Morgan fingerprint density at radius 2 is 1.74 bits per heavy atom. The molecule has 5 unspecified atom stereocenters. The molecule has 0 heterocycles. The van der Waals surface area contributed by atoms with Crippen molar-refractivity contribution in [2.45, 2.75) is 38.5 Å². The number of hydrogen-bond acceptors (Lipinski definition) is 0. The largest absolute Gasteiger partial charge is 0.0770 e. The summed E-state index contributed by atoms with van der Waals surface area (Å²) in [7, 11) is 0. The number of allylic oxidation sites excluding steroid dienone is 10. The van der Waals surface area contributed by atoms with Crippen molar-refractivity contribution in [3.63, 3.8) is 0 Å². The first kappa shape index (κ1) is 14.1. The molecule has 0 aromatic rings. The third kappa shape index (κ3) is 2.33. The molecule has 0 aromatic heterocycles. The lowest BCUT2D eigenvalue weighted by Crippen LogP contribution is -2.38. The molecule has 0 amide bonds. The number of rotatable bonds is 2. The van der Waals surface area contributed by atoms with Gasteiger partial charge >= 0.3 is 0 Å². The highest BCUT2D eigenvalue weighted by molar-refractivity contribution is 5.50. The van der Waals surface area contributed by atoms with Crippen LogP contribution < -0.4 is 0 Å². The Kier molecular flexibility index (Phi) is 3.46. The van der Waals surface area contributed by atoms with Crippen molar-refractivity contribution < 1.29 is 0 Å². The van der Waals surface area contributed by atoms with Crippen molar-refractivity contribution >= 4 is 0 Å². The van der Waals surface area contributed by atoms with E-state index < -0.39 is 0 Å². The van der Waals surface area contributed by atoms with Gasteiger partial charge in [-0.15, -0.1) is 0 Å². The minimum absolute atomic E-state index is 0.641. The zero-order valence-electron chi connectivity index (χ0n) is 13.9. The molecule has 119 valence electrons. The zero-order valence-corrected chi connectivity index (χ0v) is 13.9. The maximum Gasteiger partial charge on any atom is 0.0127 e. The lowest BCUT2D eigenvalue weighted by molar-refractivity contribution is 0.100. The first-order valence-electron chi connectivity index (χ1n) is 9.69. The van der Waals surface area contributed by atoms with E-state index in [0.717, 1.165) is 29.6 Å². The van der Waals surface area contributed by atoms with Crippen LogP contribution in [-0.4, -0.2) is 0 Å². The van der Waals surface area contributed by atoms with Crippen LogP contribution >= 0.6 is 0 Å². The second-order valence-electron chi connectivity index (χ2n) is 8.24. The van der Waals surface area contributed by atoms with Crippen molar-refractivity contribution in [3.8, 4) is 0 Å². The Morgan fingerprint density at radius 3 is 2.57 bits per heavy atom. The molecule has 0 spiro atoms. The normalized spacial score (nSPS) is 41.8. The molecule has 5 atom stereocenters. The van der Waals surface area contributed by atoms with Crippen LogP contribution in [0.1, 0.15) is 38.5 Å². The highest BCUT2D eigenvalue weighted by Crippen LogP contribution is 2.56. The predicted molar refractivity (Wildman–Crippen MR) is 96.5 cm³/mol. The van der Waals surface area contributed by atoms with E-state index in [2.05, 4.69) is 55.0 Å². The van der Waals surface area contributed by atoms with E-state index in [9.17, 15) is 0 Å². The van der Waals surface area contributed by atoms with Crippen LogP contribution in [0.5, 0.6) is 0 Å². The smallest absolute Gasteiger partial charge is 0.0127 e. The summed E-state index contributed by atoms with van der Waals surface area (Å²) >= 11 is 0. The van der Waals surface area contributed by atoms with Gasteiger partial charge in [0.15, 0.2) is 0 Å². The van der Waals surface area contributed by atoms with Crippen molar-refractivity contribution in [2.75, 3.05) is 0 Å². The van der Waals surface area contributed by atoms with Gasteiger partial charge in [-0.2, -0.15) is 0 Å². The maximum absolute atomic E-state index is 2.66. The molecular formula is C23H27. The number of hydrogen-bond donors (Lipinski definition) is 0. The van der Waals surface area contributed by atoms with E-state index in [-0.39, 0.29) is 0 Å². The molecule has 5 aliphatic carbocycles. The second-order valence-corrected chi connectivity index (χ2v) is 8.24. The zero-order chi connectivity index (χ0) is 15.2. The summed E-state index contributed by atoms with van der Waals surface area (Å²) in [6.45, 7) is 0. The maximum atomic E-state index is 2.66. The second kappa shape index (κ2) is 5.65. The molecule has 23 heavy (non-hydrogen) atoms. The van der Waals surface area contributed by atoms with Gasteiger partial charge in [-0.25, -0.2) is 0 Å². The highest BCUT2D eigenvalue weighted by atomic mass is 14.5. The van der Waals surface area contributed by atoms with Gasteiger partial charge in [0, 0.05) is 12.3 Å². The summed E-state index contributed by atoms with van der Waals surface area (Å²) in [5, 5.41) is 0. The molecular weight excluding hydrogens is 276 g/mol. The van der Waals surface area contributed by atoms with Crippen LogP contribution in [0.3, 0.4) is 0 Å². The van der Waals surface area contributed by atoms with Gasteiger partial charge in [-0.1, -0.05) is 61.4 Å². The van der Waals surface area contributed by atoms with E-state index in [1.165, 1.54) is 44.1 Å². The average Bonchev–Trinajstić information content (AvgIpc) is 3.35. The Morgan fingerprint density at radius 1 is 0.826 bits per heavy atom. The molecule has 2 saturated carbocycles. The highest BCUT2D eigenvalue weighted by Gasteiger charge is 2.46. The fraction of sp³-hybridized carbons (Fsp3) is 0.522. The van der Waals surface area contributed by atoms with Gasteiger partial charge < -0.3 is 0 Å². The molecule has 5 rings (SSSR count). The fourth-order valence-corrected chi connectivity index (χ4v) is 6.23. The van der Waals surface area contributed by atoms with Gasteiger partial charge in [0.1, 0.15) is 0 Å². The fourth-order valence-electron chi connectivity index (χ4n) is 6.23. The first-order valence-corrected chi connectivity index (χ1v) is 9.69. The van der Waals surface area contributed by atoms with Crippen molar-refractivity contribution in [1.82, 2.24) is 0 Å². The Balaban J connectivity index is 1.51. The van der Waals surface area contributed by atoms with Crippen molar-refractivity contribution in [2.24, 2.45) is 35.5 Å². The molecule has 0 bridgehead atoms. The molecule has 0 nitrogen and oxygen atoms in total. The molecule has 1 radical (unpaired) electrons. The van der Waals surface area contributed by atoms with Gasteiger partial charge in [0.05, 0.1) is 0 Å². The quantitative estimate of drug-likeness (QED) is 0.603. The van der Waals surface area contributed by atoms with E-state index in [1.807, 2.05) is 0 Å². The summed E-state index contributed by atoms with van der Waals surface area (Å²) in [5.41, 5.74) is 3.20. The summed E-state index contributed by atoms with van der Waals surface area (Å²) in [5.74, 6) is 5.20. The third-order valence-corrected chi connectivity index (χ3v) is 7.24. The topological polar surface area (TPSA) is 0 Å². The molecule has 0 heteroatoms. The van der Waals surface area contributed by atoms with E-state index in [1.54, 1.807) is 5.57 Å². The van der Waals surface area contributed by atoms with Gasteiger partial charge in [0.2, 0.25) is 0 Å². The summed E-state index contributed by atoms with van der Waals surface area (Å²) in [6.07, 6.45) is 29.9. The molecule has 0 saturated heterocycles. The lowest BCUT2D eigenvalue weighted by atomic mass is 9.58. The van der Waals surface area contributed by atoms with Gasteiger partial charge in [-0.05, 0) is 66.4 Å². The minimum Gasteiger partial charge on any atom is -0.0770 e. The van der Waals surface area contributed by atoms with E-state index in [0.29, 0.717) is 5.92 Å². The van der Waals surface area contributed by atoms with Gasteiger partial charge in [-0.3, -0.25) is 0 Å². The van der Waals surface area contributed by atoms with Crippen LogP contribution in [0, 0.1) is 41.9 Å². The van der Waals surface area contributed by atoms with Crippen molar-refractivity contribution in [3.05, 3.63) is 66.2 Å². The lowest BCUT2D eigenvalue weighted by Gasteiger charge is -2.46. The molecule has 0 N–H and O–H groups in total. The van der Waals surface area contributed by atoms with E-state index >= 15 is 0 Å². The molecule has 2 fully saturated rings. The van der Waals surface area contributed by atoms with Gasteiger partial charge in [0.25, 0.3) is 0 Å². The van der Waals surface area contributed by atoms with Crippen LogP contribution in [0.4, 0.5) is 0 Å². The number of fused-ring (bicyclic) bond motifs is 3. The summed E-state index contributed by atoms with van der Waals surface area (Å²) < 4.78 is 0. The Labute approximate surface area is 140 Å². The predicted octanol–water partition coefficient (Wildman–Crippen LogP) is 5.82. The van der Waals surface area contributed by atoms with Crippen LogP contribution in [-0.2, 0) is 0 Å². The Bertz CT molecular complexity index is 614. The van der Waals surface area contributed by atoms with Crippen LogP contribution in [0.2, 0.25) is 0 Å². The third-order valence-electron chi connectivity index (χ3n) is 7.24. The molecule has 0 aliphatic heterocycles. The molecule has 5 aliphatic rings. The van der Waals surface area contributed by atoms with Crippen molar-refractivity contribution in [1.29, 1.82) is 0 Å². The SMILES string of the molecule is [CH]1C=CC=C1C1=CC(C2C=CC=C2)CC2C1CCC1CCCC12.